The van der Waals surface area contributed by atoms with Gasteiger partial charge >= 0.3 is 0 Å². The number of aliphatic hydroxyl groups excluding tert-OH is 3. The van der Waals surface area contributed by atoms with E-state index in [9.17, 15) is 24.9 Å². The average molecular weight is 834 g/mol. The molecule has 7 unspecified atom stereocenters. The Kier molecular flexibility index (Phi) is 16.1. The van der Waals surface area contributed by atoms with Gasteiger partial charge in [-0.05, 0) is 125 Å². The van der Waals surface area contributed by atoms with Crippen LogP contribution in [0.5, 0.6) is 0 Å². The predicted molar refractivity (Wildman–Crippen MR) is 234 cm³/mol. The summed E-state index contributed by atoms with van der Waals surface area (Å²) in [6.07, 6.45) is 18.8. The highest BCUT2D eigenvalue weighted by atomic mass is 16.5. The van der Waals surface area contributed by atoms with Gasteiger partial charge in [0.15, 0.2) is 12.0 Å². The lowest BCUT2D eigenvalue weighted by molar-refractivity contribution is -0.711. The van der Waals surface area contributed by atoms with Crippen LogP contribution >= 0.6 is 0 Å². The van der Waals surface area contributed by atoms with E-state index >= 15 is 0 Å². The van der Waals surface area contributed by atoms with Crippen LogP contribution in [0.4, 0.5) is 0 Å². The van der Waals surface area contributed by atoms with Gasteiger partial charge in [0, 0.05) is 56.5 Å². The van der Waals surface area contributed by atoms with Crippen molar-refractivity contribution in [3.8, 4) is 11.8 Å². The van der Waals surface area contributed by atoms with E-state index in [0.29, 0.717) is 98.7 Å². The Labute approximate surface area is 361 Å². The number of carbonyl (C=O) groups is 2. The molecule has 4 aliphatic carbocycles. The number of aliphatic hydroxyl groups is 3. The maximum atomic E-state index is 14.4. The van der Waals surface area contributed by atoms with Gasteiger partial charge in [0.05, 0.1) is 56.0 Å². The van der Waals surface area contributed by atoms with Crippen molar-refractivity contribution in [2.75, 3.05) is 20.2 Å². The van der Waals surface area contributed by atoms with Crippen molar-refractivity contribution in [1.82, 2.24) is 0 Å². The molecule has 3 aliphatic heterocycles. The van der Waals surface area contributed by atoms with Gasteiger partial charge in [0.25, 0.3) is 0 Å². The summed E-state index contributed by atoms with van der Waals surface area (Å²) in [7, 11) is 1.67. The van der Waals surface area contributed by atoms with Crippen molar-refractivity contribution < 1.29 is 40.3 Å². The molecule has 2 saturated heterocycles. The fourth-order valence-corrected chi connectivity index (χ4v) is 13.2. The van der Waals surface area contributed by atoms with Gasteiger partial charge in [-0.3, -0.25) is 15.3 Å². The van der Waals surface area contributed by atoms with Crippen molar-refractivity contribution in [2.24, 2.45) is 75.3 Å². The summed E-state index contributed by atoms with van der Waals surface area (Å²) >= 11 is 0. The van der Waals surface area contributed by atoms with Crippen LogP contribution in [0.1, 0.15) is 142 Å². The third kappa shape index (κ3) is 11.3. The van der Waals surface area contributed by atoms with Gasteiger partial charge in [0.2, 0.25) is 0 Å². The SMILES string of the molecule is COC1CC2CCC(=O)[C@]3(C#C[C@@H](CC[C@H](O)[C@H](CCC(C)C)CC4CC(N)[NH2+]CC4CC4=C[CH+]N=C4)C2CC1O)CC[C@H](CC[C@H]1C[NH2+][C@@H]2CC(=O)CC[C@H]2C1)C[C@H]3O. The lowest BCUT2D eigenvalue weighted by Gasteiger charge is -2.41. The summed E-state index contributed by atoms with van der Waals surface area (Å²) in [5, 5.41) is 40.2. The number of Topliss-reactive ketones (excluding diaryl/α,β-unsaturated/α-hetero) is 2. The number of quaternary nitrogens is 2. The maximum absolute atomic E-state index is 14.4. The van der Waals surface area contributed by atoms with Gasteiger partial charge < -0.3 is 30.7 Å². The standard InChI is InChI=1S/C50H79N4O6/c1-31(2)4-7-38(23-39-25-49(51)54-30-40(39)21-34-16-19-52-28-34)44(56)12-9-35-15-18-50(47(58)13-10-36-24-46(60-3)45(57)27-42(35)36)17-14-32(22-48(50)59)5-6-33-20-37-8-11-41(55)26-43(37)53-29-33/h16,19,28,31-33,35-40,42-46,48-49,53-54,56-57,59H,4-14,17,20-27,29-30,51H2,1-3H3/q+1/p+2/t32-,33+,35+,36?,37-,38+,39?,40?,42?,43+,44-,45?,46?,48+,49?,50+/m0/s1. The smallest absolute Gasteiger partial charge is 0.176 e. The molecule has 7 rings (SSSR count). The van der Waals surface area contributed by atoms with Gasteiger partial charge in [-0.25, -0.2) is 0 Å². The van der Waals surface area contributed by atoms with E-state index in [0.717, 1.165) is 83.7 Å². The normalized spacial score (nSPS) is 40.6. The molecule has 0 aromatic rings. The molecule has 0 aromatic heterocycles. The van der Waals surface area contributed by atoms with Crippen LogP contribution in [0.25, 0.3) is 0 Å². The van der Waals surface area contributed by atoms with Crippen molar-refractivity contribution in [3.05, 3.63) is 18.2 Å². The molecule has 3 saturated carbocycles. The highest BCUT2D eigenvalue weighted by Gasteiger charge is 2.50. The molecule has 7 aliphatic rings. The van der Waals surface area contributed by atoms with E-state index in [1.165, 1.54) is 12.0 Å². The van der Waals surface area contributed by atoms with Crippen LogP contribution < -0.4 is 16.4 Å². The Morgan fingerprint density at radius 3 is 2.53 bits per heavy atom. The van der Waals surface area contributed by atoms with E-state index in [2.05, 4.69) is 47.4 Å². The van der Waals surface area contributed by atoms with Crippen LogP contribution in [0, 0.1) is 83.0 Å². The summed E-state index contributed by atoms with van der Waals surface area (Å²) < 4.78 is 5.77. The van der Waals surface area contributed by atoms with E-state index in [-0.39, 0.29) is 41.7 Å². The number of nitrogens with zero attached hydrogens (tertiary/aromatic N) is 1. The molecule has 3 heterocycles. The van der Waals surface area contributed by atoms with E-state index in [1.807, 2.05) is 12.8 Å². The molecule has 0 aromatic carbocycles. The number of carbonyl (C=O) groups excluding carboxylic acids is 2. The Hall–Kier alpha value is -2.10. The number of nitrogens with two attached hydrogens (primary N) is 3. The minimum absolute atomic E-state index is 0.0843. The summed E-state index contributed by atoms with van der Waals surface area (Å²) in [5.41, 5.74) is 6.78. The van der Waals surface area contributed by atoms with Gasteiger partial charge in [0.1, 0.15) is 29.5 Å². The quantitative estimate of drug-likeness (QED) is 0.106. The number of piperidine rings is 2. The van der Waals surface area contributed by atoms with Crippen LogP contribution in [-0.4, -0.2) is 89.9 Å². The van der Waals surface area contributed by atoms with Gasteiger partial charge in [-0.1, -0.05) is 32.1 Å². The predicted octanol–water partition coefficient (Wildman–Crippen LogP) is 4.25. The van der Waals surface area contributed by atoms with E-state index in [4.69, 9.17) is 10.5 Å². The molecule has 10 heteroatoms. The number of allylic oxidation sites excluding steroid dienone is 1. The Morgan fingerprint density at radius 1 is 0.950 bits per heavy atom. The molecule has 60 heavy (non-hydrogen) atoms. The topological polar surface area (TPSA) is 176 Å². The van der Waals surface area contributed by atoms with Crippen LogP contribution in [0.2, 0.25) is 0 Å². The molecule has 16 atom stereocenters. The van der Waals surface area contributed by atoms with Crippen LogP contribution in [0.3, 0.4) is 0 Å². The fraction of sp³-hybridized carbons (Fsp3) is 0.840. The fourth-order valence-electron chi connectivity index (χ4n) is 13.2. The lowest BCUT2D eigenvalue weighted by atomic mass is 9.64. The molecule has 1 spiro atoms. The largest absolute Gasteiger partial charge is 0.393 e. The number of methoxy groups -OCH3 is 1. The number of hydrogen-bond donors (Lipinski definition) is 6. The highest BCUT2D eigenvalue weighted by Crippen LogP contribution is 2.47. The van der Waals surface area contributed by atoms with E-state index in [1.54, 1.807) is 7.11 Å². The summed E-state index contributed by atoms with van der Waals surface area (Å²) in [6, 6.07) is 0.477. The first-order chi connectivity index (χ1) is 28.9. The van der Waals surface area contributed by atoms with E-state index < -0.39 is 23.7 Å². The zero-order chi connectivity index (χ0) is 42.4. The highest BCUT2D eigenvalue weighted by molar-refractivity contribution is 5.89. The Bertz CT molecular complexity index is 1570. The molecule has 334 valence electrons. The Morgan fingerprint density at radius 2 is 1.77 bits per heavy atom. The van der Waals surface area contributed by atoms with Crippen LogP contribution in [0.15, 0.2) is 16.6 Å². The molecule has 0 bridgehead atoms. The van der Waals surface area contributed by atoms with Crippen LogP contribution in [-0.2, 0) is 14.3 Å². The second-order valence-corrected chi connectivity index (χ2v) is 21.4. The number of ketones is 2. The van der Waals surface area contributed by atoms with Crippen molar-refractivity contribution in [2.45, 2.75) is 179 Å². The van der Waals surface area contributed by atoms with Crippen molar-refractivity contribution >= 4 is 17.8 Å². The summed E-state index contributed by atoms with van der Waals surface area (Å²) in [5.74, 6) is 11.2. The average Bonchev–Trinajstić information content (AvgIpc) is 3.76. The third-order valence-corrected chi connectivity index (χ3v) is 17.1. The van der Waals surface area contributed by atoms with Gasteiger partial charge in [-0.2, -0.15) is 0 Å². The first kappa shape index (κ1) is 45.9. The van der Waals surface area contributed by atoms with Crippen molar-refractivity contribution in [1.29, 1.82) is 0 Å². The zero-order valence-corrected chi connectivity index (χ0v) is 37.3. The molecule has 10 nitrogen and oxygen atoms in total. The number of rotatable bonds is 15. The number of fused-ring (bicyclic) bond motifs is 2. The van der Waals surface area contributed by atoms with Gasteiger partial charge in [-0.15, -0.1) is 4.99 Å². The number of aliphatic imine (C=N–C) groups is 1. The monoisotopic (exact) mass is 834 g/mol. The molecule has 5 fully saturated rings. The minimum atomic E-state index is -1.05. The summed E-state index contributed by atoms with van der Waals surface area (Å²) in [4.78, 5) is 30.7. The number of hydrogen-bond acceptors (Lipinski definition) is 8. The maximum Gasteiger partial charge on any atom is 0.176 e. The third-order valence-electron chi connectivity index (χ3n) is 17.1. The molecule has 0 amide bonds. The Balaban J connectivity index is 1.04. The second kappa shape index (κ2) is 21.1. The van der Waals surface area contributed by atoms with Crippen molar-refractivity contribution in [3.63, 3.8) is 0 Å². The zero-order valence-electron chi connectivity index (χ0n) is 37.3. The number of ether oxygens (including phenoxy) is 1. The first-order valence-corrected chi connectivity index (χ1v) is 24.5. The minimum Gasteiger partial charge on any atom is -0.393 e. The first-order valence-electron chi connectivity index (χ1n) is 24.5. The second-order valence-electron chi connectivity index (χ2n) is 21.4. The molecule has 0 radical (unpaired) electrons. The molecule has 9 N–H and O–H groups in total. The summed E-state index contributed by atoms with van der Waals surface area (Å²) in [6.45, 7) is 8.49. The lowest BCUT2D eigenvalue weighted by Crippen LogP contribution is -2.96. The molecular formula is C50H81N4O6+3. The molecular weight excluding hydrogens is 753 g/mol.